The van der Waals surface area contributed by atoms with E-state index in [-0.39, 0.29) is 5.82 Å². The largest absolute Gasteiger partial charge is 0.381 e. The van der Waals surface area contributed by atoms with Gasteiger partial charge in [-0.1, -0.05) is 40.2 Å². The van der Waals surface area contributed by atoms with Gasteiger partial charge in [-0.25, -0.2) is 4.39 Å². The molecule has 0 unspecified atom stereocenters. The smallest absolute Gasteiger partial charge is 0.125 e. The summed E-state index contributed by atoms with van der Waals surface area (Å²) < 4.78 is 14.2. The quantitative estimate of drug-likeness (QED) is 0.878. The van der Waals surface area contributed by atoms with E-state index in [4.69, 9.17) is 0 Å². The van der Waals surface area contributed by atoms with Gasteiger partial charge in [-0.3, -0.25) is 0 Å². The van der Waals surface area contributed by atoms with Gasteiger partial charge in [0.05, 0.1) is 0 Å². The standard InChI is InChI=1S/C14H13BrFN/c1-10-6-7-12(16)8-14(10)17-9-11-4-2-3-5-13(11)15/h2-8,17H,9H2,1H3. The number of benzene rings is 2. The number of hydrogen-bond acceptors (Lipinski definition) is 1. The molecule has 0 heterocycles. The maximum absolute atomic E-state index is 13.1. The Hall–Kier alpha value is -1.35. The van der Waals surface area contributed by atoms with E-state index in [1.165, 1.54) is 12.1 Å². The average molecular weight is 294 g/mol. The molecule has 0 saturated heterocycles. The molecule has 0 radical (unpaired) electrons. The van der Waals surface area contributed by atoms with Gasteiger partial charge in [0.1, 0.15) is 5.82 Å². The van der Waals surface area contributed by atoms with Crippen LogP contribution in [0.25, 0.3) is 0 Å². The molecule has 2 aromatic carbocycles. The lowest BCUT2D eigenvalue weighted by atomic mass is 10.1. The van der Waals surface area contributed by atoms with Gasteiger partial charge in [0.25, 0.3) is 0 Å². The summed E-state index contributed by atoms with van der Waals surface area (Å²) in [6, 6.07) is 12.8. The van der Waals surface area contributed by atoms with Crippen molar-refractivity contribution in [2.75, 3.05) is 5.32 Å². The van der Waals surface area contributed by atoms with E-state index < -0.39 is 0 Å². The van der Waals surface area contributed by atoms with E-state index in [0.717, 1.165) is 21.3 Å². The number of anilines is 1. The molecule has 0 aliphatic rings. The molecule has 0 saturated carbocycles. The van der Waals surface area contributed by atoms with E-state index >= 15 is 0 Å². The van der Waals surface area contributed by atoms with Crippen LogP contribution in [0.4, 0.5) is 10.1 Å². The minimum Gasteiger partial charge on any atom is -0.381 e. The lowest BCUT2D eigenvalue weighted by Gasteiger charge is -2.10. The van der Waals surface area contributed by atoms with Crippen LogP contribution in [0.5, 0.6) is 0 Å². The number of rotatable bonds is 3. The highest BCUT2D eigenvalue weighted by Crippen LogP contribution is 2.20. The molecule has 1 nitrogen and oxygen atoms in total. The second kappa shape index (κ2) is 5.32. The Kier molecular flexibility index (Phi) is 3.79. The van der Waals surface area contributed by atoms with Gasteiger partial charge in [-0.2, -0.15) is 0 Å². The number of aryl methyl sites for hydroxylation is 1. The normalized spacial score (nSPS) is 10.3. The van der Waals surface area contributed by atoms with Crippen molar-refractivity contribution in [2.45, 2.75) is 13.5 Å². The second-order valence-corrected chi connectivity index (χ2v) is 4.76. The van der Waals surface area contributed by atoms with Crippen LogP contribution >= 0.6 is 15.9 Å². The molecule has 0 aliphatic heterocycles. The highest BCUT2D eigenvalue weighted by atomic mass is 79.9. The monoisotopic (exact) mass is 293 g/mol. The van der Waals surface area contributed by atoms with Crippen LogP contribution in [0.15, 0.2) is 46.9 Å². The first kappa shape index (κ1) is 12.1. The zero-order chi connectivity index (χ0) is 12.3. The van der Waals surface area contributed by atoms with E-state index in [0.29, 0.717) is 6.54 Å². The third-order valence-corrected chi connectivity index (χ3v) is 3.40. The van der Waals surface area contributed by atoms with E-state index in [1.807, 2.05) is 31.2 Å². The maximum atomic E-state index is 13.1. The fraction of sp³-hybridized carbons (Fsp3) is 0.143. The number of halogens is 2. The van der Waals surface area contributed by atoms with Gasteiger partial charge >= 0.3 is 0 Å². The topological polar surface area (TPSA) is 12.0 Å². The van der Waals surface area contributed by atoms with Gasteiger partial charge in [0.2, 0.25) is 0 Å². The molecule has 0 bridgehead atoms. The zero-order valence-electron chi connectivity index (χ0n) is 9.50. The van der Waals surface area contributed by atoms with E-state index in [9.17, 15) is 4.39 Å². The zero-order valence-corrected chi connectivity index (χ0v) is 11.1. The minimum absolute atomic E-state index is 0.217. The summed E-state index contributed by atoms with van der Waals surface area (Å²) in [4.78, 5) is 0. The average Bonchev–Trinajstić information content (AvgIpc) is 2.32. The van der Waals surface area contributed by atoms with Gasteiger partial charge < -0.3 is 5.32 Å². The van der Waals surface area contributed by atoms with Gasteiger partial charge in [-0.05, 0) is 36.2 Å². The Labute approximate surface area is 109 Å². The molecule has 17 heavy (non-hydrogen) atoms. The predicted molar refractivity (Wildman–Crippen MR) is 72.6 cm³/mol. The number of nitrogens with one attached hydrogen (secondary N) is 1. The van der Waals surface area contributed by atoms with Crippen molar-refractivity contribution in [2.24, 2.45) is 0 Å². The van der Waals surface area contributed by atoms with Crippen molar-refractivity contribution in [3.05, 3.63) is 63.9 Å². The summed E-state index contributed by atoms with van der Waals surface area (Å²) in [5.74, 6) is -0.217. The van der Waals surface area contributed by atoms with Crippen molar-refractivity contribution >= 4 is 21.6 Å². The van der Waals surface area contributed by atoms with Crippen LogP contribution in [0, 0.1) is 12.7 Å². The first-order valence-corrected chi connectivity index (χ1v) is 6.19. The summed E-state index contributed by atoms with van der Waals surface area (Å²) in [5, 5.41) is 3.24. The van der Waals surface area contributed by atoms with Crippen LogP contribution < -0.4 is 5.32 Å². The van der Waals surface area contributed by atoms with Crippen LogP contribution in [-0.2, 0) is 6.54 Å². The molecular weight excluding hydrogens is 281 g/mol. The summed E-state index contributed by atoms with van der Waals surface area (Å²) in [6.07, 6.45) is 0. The van der Waals surface area contributed by atoms with Crippen LogP contribution in [-0.4, -0.2) is 0 Å². The molecule has 0 fully saturated rings. The van der Waals surface area contributed by atoms with E-state index in [2.05, 4.69) is 21.2 Å². The van der Waals surface area contributed by atoms with Gasteiger partial charge in [-0.15, -0.1) is 0 Å². The highest BCUT2D eigenvalue weighted by Gasteiger charge is 2.02. The van der Waals surface area contributed by atoms with Crippen molar-refractivity contribution in [3.8, 4) is 0 Å². The Morgan fingerprint density at radius 2 is 1.94 bits per heavy atom. The van der Waals surface area contributed by atoms with Gasteiger partial charge in [0, 0.05) is 16.7 Å². The lowest BCUT2D eigenvalue weighted by Crippen LogP contribution is -2.02. The third kappa shape index (κ3) is 3.07. The molecule has 88 valence electrons. The van der Waals surface area contributed by atoms with Crippen molar-refractivity contribution in [1.82, 2.24) is 0 Å². The van der Waals surface area contributed by atoms with Gasteiger partial charge in [0.15, 0.2) is 0 Å². The first-order chi connectivity index (χ1) is 8.16. The van der Waals surface area contributed by atoms with Crippen molar-refractivity contribution in [3.63, 3.8) is 0 Å². The van der Waals surface area contributed by atoms with Crippen LogP contribution in [0.3, 0.4) is 0 Å². The first-order valence-electron chi connectivity index (χ1n) is 5.40. The Morgan fingerprint density at radius 3 is 2.71 bits per heavy atom. The summed E-state index contributed by atoms with van der Waals surface area (Å²) in [5.41, 5.74) is 3.02. The molecule has 0 aromatic heterocycles. The van der Waals surface area contributed by atoms with Crippen LogP contribution in [0.1, 0.15) is 11.1 Å². The van der Waals surface area contributed by atoms with Crippen molar-refractivity contribution in [1.29, 1.82) is 0 Å². The lowest BCUT2D eigenvalue weighted by molar-refractivity contribution is 0.628. The molecule has 2 aromatic rings. The molecule has 2 rings (SSSR count). The summed E-state index contributed by atoms with van der Waals surface area (Å²) in [7, 11) is 0. The fourth-order valence-electron chi connectivity index (χ4n) is 1.62. The predicted octanol–water partition coefficient (Wildman–Crippen LogP) is 4.51. The van der Waals surface area contributed by atoms with E-state index in [1.54, 1.807) is 6.07 Å². The summed E-state index contributed by atoms with van der Waals surface area (Å²) >= 11 is 3.49. The van der Waals surface area contributed by atoms with Crippen LogP contribution in [0.2, 0.25) is 0 Å². The maximum Gasteiger partial charge on any atom is 0.125 e. The Morgan fingerprint density at radius 1 is 1.18 bits per heavy atom. The molecular formula is C14H13BrFN. The molecule has 1 N–H and O–H groups in total. The number of hydrogen-bond donors (Lipinski definition) is 1. The molecule has 0 atom stereocenters. The highest BCUT2D eigenvalue weighted by molar-refractivity contribution is 9.10. The second-order valence-electron chi connectivity index (χ2n) is 3.90. The third-order valence-electron chi connectivity index (χ3n) is 2.63. The minimum atomic E-state index is -0.217. The summed E-state index contributed by atoms with van der Waals surface area (Å²) in [6.45, 7) is 2.63. The molecule has 0 amide bonds. The SMILES string of the molecule is Cc1ccc(F)cc1NCc1ccccc1Br. The molecule has 0 spiro atoms. The molecule has 0 aliphatic carbocycles. The van der Waals surface area contributed by atoms with Crippen molar-refractivity contribution < 1.29 is 4.39 Å². The fourth-order valence-corrected chi connectivity index (χ4v) is 2.04. The molecule has 3 heteroatoms. The Bertz CT molecular complexity index is 525. The Balaban J connectivity index is 2.12.